The first kappa shape index (κ1) is 14.4. The highest BCUT2D eigenvalue weighted by Crippen LogP contribution is 2.30. The van der Waals surface area contributed by atoms with E-state index in [1.807, 2.05) is 36.4 Å². The van der Waals surface area contributed by atoms with Crippen LogP contribution in [0.25, 0.3) is 0 Å². The molecular formula is C16H15ClO3. The van der Waals surface area contributed by atoms with Crippen LogP contribution >= 0.6 is 11.6 Å². The van der Waals surface area contributed by atoms with Gasteiger partial charge in [0, 0.05) is 5.56 Å². The van der Waals surface area contributed by atoms with Crippen LogP contribution in [0.2, 0.25) is 5.02 Å². The lowest BCUT2D eigenvalue weighted by molar-refractivity contribution is -0.139. The number of carbonyl (C=O) groups excluding carboxylic acids is 1. The highest BCUT2D eigenvalue weighted by Gasteiger charge is 2.12. The van der Waals surface area contributed by atoms with Gasteiger partial charge >= 0.3 is 5.97 Å². The van der Waals surface area contributed by atoms with E-state index in [4.69, 9.17) is 16.3 Å². The monoisotopic (exact) mass is 290 g/mol. The van der Waals surface area contributed by atoms with Crippen LogP contribution in [0.5, 0.6) is 5.75 Å². The van der Waals surface area contributed by atoms with Crippen molar-refractivity contribution in [2.75, 3.05) is 7.11 Å². The maximum atomic E-state index is 11.4. The number of ether oxygens (including phenoxy) is 2. The van der Waals surface area contributed by atoms with Gasteiger partial charge in [-0.1, -0.05) is 54.1 Å². The maximum Gasteiger partial charge on any atom is 0.310 e. The first-order valence-corrected chi connectivity index (χ1v) is 6.59. The van der Waals surface area contributed by atoms with Crippen LogP contribution in [0.4, 0.5) is 0 Å². The van der Waals surface area contributed by atoms with Crippen LogP contribution in [0.3, 0.4) is 0 Å². The highest BCUT2D eigenvalue weighted by molar-refractivity contribution is 6.32. The summed E-state index contributed by atoms with van der Waals surface area (Å²) in [6.07, 6.45) is 0.140. The molecule has 0 spiro atoms. The molecule has 0 fully saturated rings. The number of para-hydroxylation sites is 1. The van der Waals surface area contributed by atoms with E-state index in [0.717, 1.165) is 11.1 Å². The SMILES string of the molecule is COC(=O)Cc1cccc(Cl)c1OCc1ccccc1. The first-order valence-electron chi connectivity index (χ1n) is 6.21. The molecule has 0 radical (unpaired) electrons. The van der Waals surface area contributed by atoms with Crippen molar-refractivity contribution < 1.29 is 14.3 Å². The van der Waals surface area contributed by atoms with Gasteiger partial charge in [0.25, 0.3) is 0 Å². The topological polar surface area (TPSA) is 35.5 Å². The molecule has 0 aliphatic rings. The van der Waals surface area contributed by atoms with Crippen molar-refractivity contribution in [2.24, 2.45) is 0 Å². The van der Waals surface area contributed by atoms with Gasteiger partial charge < -0.3 is 9.47 Å². The molecule has 0 saturated carbocycles. The second-order valence-corrected chi connectivity index (χ2v) is 4.66. The molecule has 4 heteroatoms. The molecule has 0 N–H and O–H groups in total. The Hall–Kier alpha value is -2.00. The molecule has 0 bridgehead atoms. The van der Waals surface area contributed by atoms with E-state index in [9.17, 15) is 4.79 Å². The van der Waals surface area contributed by atoms with Gasteiger partial charge in [-0.2, -0.15) is 0 Å². The van der Waals surface area contributed by atoms with Gasteiger partial charge in [0.2, 0.25) is 0 Å². The van der Waals surface area contributed by atoms with E-state index < -0.39 is 0 Å². The molecule has 0 unspecified atom stereocenters. The molecule has 0 amide bonds. The zero-order valence-corrected chi connectivity index (χ0v) is 11.9. The minimum absolute atomic E-state index is 0.140. The predicted molar refractivity (Wildman–Crippen MR) is 77.9 cm³/mol. The molecular weight excluding hydrogens is 276 g/mol. The number of rotatable bonds is 5. The number of hydrogen-bond donors (Lipinski definition) is 0. The van der Waals surface area contributed by atoms with Crippen molar-refractivity contribution in [1.82, 2.24) is 0 Å². The fourth-order valence-corrected chi connectivity index (χ4v) is 2.06. The zero-order chi connectivity index (χ0) is 14.4. The van der Waals surface area contributed by atoms with Crippen LogP contribution in [0, 0.1) is 0 Å². The van der Waals surface area contributed by atoms with Gasteiger partial charge in [0.1, 0.15) is 12.4 Å². The lowest BCUT2D eigenvalue weighted by Gasteiger charge is -2.12. The molecule has 0 aromatic heterocycles. The lowest BCUT2D eigenvalue weighted by atomic mass is 10.1. The van der Waals surface area contributed by atoms with Crippen LogP contribution in [-0.4, -0.2) is 13.1 Å². The van der Waals surface area contributed by atoms with Gasteiger partial charge in [-0.3, -0.25) is 4.79 Å². The third-order valence-corrected chi connectivity index (χ3v) is 3.13. The Balaban J connectivity index is 2.15. The molecule has 0 atom stereocenters. The summed E-state index contributed by atoms with van der Waals surface area (Å²) in [4.78, 5) is 11.4. The summed E-state index contributed by atoms with van der Waals surface area (Å²) in [6, 6.07) is 15.1. The van der Waals surface area contributed by atoms with Crippen LogP contribution in [-0.2, 0) is 22.6 Å². The van der Waals surface area contributed by atoms with Crippen molar-refractivity contribution in [3.8, 4) is 5.75 Å². The standard InChI is InChI=1S/C16H15ClO3/c1-19-15(18)10-13-8-5-9-14(17)16(13)20-11-12-6-3-2-4-7-12/h2-9H,10-11H2,1H3. The Morgan fingerprint density at radius 1 is 1.10 bits per heavy atom. The average molecular weight is 291 g/mol. The van der Waals surface area contributed by atoms with Crippen LogP contribution in [0.15, 0.2) is 48.5 Å². The molecule has 2 aromatic carbocycles. The first-order chi connectivity index (χ1) is 9.70. The van der Waals surface area contributed by atoms with E-state index in [1.165, 1.54) is 7.11 Å². The van der Waals surface area contributed by atoms with E-state index in [1.54, 1.807) is 12.1 Å². The second kappa shape index (κ2) is 6.96. The average Bonchev–Trinajstić information content (AvgIpc) is 2.47. The van der Waals surface area contributed by atoms with Crippen molar-refractivity contribution >= 4 is 17.6 Å². The van der Waals surface area contributed by atoms with Gasteiger partial charge in [-0.15, -0.1) is 0 Å². The van der Waals surface area contributed by atoms with Crippen molar-refractivity contribution in [3.63, 3.8) is 0 Å². The fraction of sp³-hybridized carbons (Fsp3) is 0.188. The van der Waals surface area contributed by atoms with Crippen LogP contribution < -0.4 is 4.74 Å². The van der Waals surface area contributed by atoms with Gasteiger partial charge in [0.15, 0.2) is 0 Å². The molecule has 20 heavy (non-hydrogen) atoms. The number of methoxy groups -OCH3 is 1. The Labute approximate surface area is 123 Å². The van der Waals surface area contributed by atoms with Crippen molar-refractivity contribution in [1.29, 1.82) is 0 Å². The number of hydrogen-bond acceptors (Lipinski definition) is 3. The molecule has 0 aliphatic heterocycles. The highest BCUT2D eigenvalue weighted by atomic mass is 35.5. The molecule has 3 nitrogen and oxygen atoms in total. The summed E-state index contributed by atoms with van der Waals surface area (Å²) in [5.41, 5.74) is 1.76. The van der Waals surface area contributed by atoms with Gasteiger partial charge in [0.05, 0.1) is 18.6 Å². The Kier molecular flexibility index (Phi) is 5.02. The third-order valence-electron chi connectivity index (χ3n) is 2.84. The normalized spacial score (nSPS) is 10.1. The van der Waals surface area contributed by atoms with E-state index in [2.05, 4.69) is 4.74 Å². The Morgan fingerprint density at radius 2 is 1.85 bits per heavy atom. The molecule has 104 valence electrons. The fourth-order valence-electron chi connectivity index (χ4n) is 1.81. The minimum atomic E-state index is -0.322. The second-order valence-electron chi connectivity index (χ2n) is 4.26. The largest absolute Gasteiger partial charge is 0.487 e. The van der Waals surface area contributed by atoms with Crippen LogP contribution in [0.1, 0.15) is 11.1 Å². The summed E-state index contributed by atoms with van der Waals surface area (Å²) in [6.45, 7) is 0.402. The smallest absolute Gasteiger partial charge is 0.310 e. The predicted octanol–water partition coefficient (Wildman–Crippen LogP) is 3.63. The summed E-state index contributed by atoms with van der Waals surface area (Å²) in [5, 5.41) is 0.488. The molecule has 0 saturated heterocycles. The zero-order valence-electron chi connectivity index (χ0n) is 11.1. The quantitative estimate of drug-likeness (QED) is 0.789. The van der Waals surface area contributed by atoms with Crippen molar-refractivity contribution in [2.45, 2.75) is 13.0 Å². The summed E-state index contributed by atoms with van der Waals surface area (Å²) in [7, 11) is 1.36. The molecule has 0 heterocycles. The Morgan fingerprint density at radius 3 is 2.55 bits per heavy atom. The maximum absolute atomic E-state index is 11.4. The minimum Gasteiger partial charge on any atom is -0.487 e. The number of benzene rings is 2. The number of halogens is 1. The van der Waals surface area contributed by atoms with Gasteiger partial charge in [-0.25, -0.2) is 0 Å². The number of carbonyl (C=O) groups is 1. The van der Waals surface area contributed by atoms with E-state index in [0.29, 0.717) is 17.4 Å². The molecule has 0 aliphatic carbocycles. The third kappa shape index (κ3) is 3.75. The number of esters is 1. The summed E-state index contributed by atoms with van der Waals surface area (Å²) >= 11 is 6.15. The lowest BCUT2D eigenvalue weighted by Crippen LogP contribution is -2.07. The van der Waals surface area contributed by atoms with E-state index >= 15 is 0 Å². The molecule has 2 rings (SSSR count). The van der Waals surface area contributed by atoms with E-state index in [-0.39, 0.29) is 12.4 Å². The van der Waals surface area contributed by atoms with Gasteiger partial charge in [-0.05, 0) is 11.6 Å². The Bertz CT molecular complexity index is 582. The summed E-state index contributed by atoms with van der Waals surface area (Å²) in [5.74, 6) is 0.209. The summed E-state index contributed by atoms with van der Waals surface area (Å²) < 4.78 is 10.4. The van der Waals surface area contributed by atoms with Crippen molar-refractivity contribution in [3.05, 3.63) is 64.7 Å². The molecule has 2 aromatic rings.